The molecule has 0 amide bonds. The van der Waals surface area contributed by atoms with Gasteiger partial charge in [-0.25, -0.2) is 0 Å². The third-order valence-corrected chi connectivity index (χ3v) is 14.4. The first kappa shape index (κ1) is 40.7. The summed E-state index contributed by atoms with van der Waals surface area (Å²) in [5.74, 6) is 0.867. The van der Waals surface area contributed by atoms with Crippen molar-refractivity contribution in [3.05, 3.63) is 239 Å². The number of hydrogen-bond acceptors (Lipinski definition) is 4. The highest BCUT2D eigenvalue weighted by Gasteiger charge is 2.54. The van der Waals surface area contributed by atoms with Crippen LogP contribution >= 0.6 is 0 Å². The molecule has 0 bridgehead atoms. The molecule has 0 radical (unpaired) electrons. The second-order valence-corrected chi connectivity index (χ2v) is 19.1. The molecule has 0 saturated carbocycles. The van der Waals surface area contributed by atoms with Gasteiger partial charge in [-0.05, 0) is 166 Å². The summed E-state index contributed by atoms with van der Waals surface area (Å²) in [5.41, 5.74) is 20.3. The molecule has 2 heterocycles. The van der Waals surface area contributed by atoms with Crippen molar-refractivity contribution in [2.75, 3.05) is 9.80 Å². The van der Waals surface area contributed by atoms with Gasteiger partial charge >= 0.3 is 0 Å². The minimum absolute atomic E-state index is 0.427. The molecule has 12 rings (SSSR count). The first-order chi connectivity index (χ1) is 32.7. The molecule has 0 unspecified atom stereocenters. The molecule has 0 atom stereocenters. The molecule has 67 heavy (non-hydrogen) atoms. The summed E-state index contributed by atoms with van der Waals surface area (Å²) in [7, 11) is 0. The fourth-order valence-corrected chi connectivity index (χ4v) is 11.1. The van der Waals surface area contributed by atoms with E-state index in [1.807, 2.05) is 12.4 Å². The Hall–Kier alpha value is -7.82. The molecule has 4 nitrogen and oxygen atoms in total. The Morgan fingerprint density at radius 3 is 1.42 bits per heavy atom. The molecular weight excluding hydrogens is 813 g/mol. The molecule has 2 aromatic heterocycles. The lowest BCUT2D eigenvalue weighted by molar-refractivity contribution is 0.791. The molecule has 4 heteroatoms. The summed E-state index contributed by atoms with van der Waals surface area (Å²) in [6.07, 6.45) is 3.83. The standard InChI is InChI=1S/C63H52N4/c1-39(2)43-22-30-48(31-23-43)66(46-26-18-41(5)19-27-46)58-17-9-12-45-36-56-53(37-52(45)58)60-51-14-8-7-13-50(51)59(67(47-28-20-42(6)21-29-47)49-32-24-44(25-33-49)40(3)4)38-57(60)63(56)54-15-10-34-64-61(54)62-55(63)16-11-35-65-62/h7-40H,1-6H3. The van der Waals surface area contributed by atoms with Crippen LogP contribution in [0.2, 0.25) is 0 Å². The van der Waals surface area contributed by atoms with Crippen LogP contribution < -0.4 is 9.80 Å². The highest BCUT2D eigenvalue weighted by Crippen LogP contribution is 2.65. The van der Waals surface area contributed by atoms with Crippen LogP contribution in [0.4, 0.5) is 34.1 Å². The van der Waals surface area contributed by atoms with Crippen LogP contribution in [0.15, 0.2) is 194 Å². The van der Waals surface area contributed by atoms with Gasteiger partial charge in [0.05, 0.1) is 28.2 Å². The van der Waals surface area contributed by atoms with Crippen LogP contribution in [0.3, 0.4) is 0 Å². The van der Waals surface area contributed by atoms with E-state index in [4.69, 9.17) is 9.97 Å². The lowest BCUT2D eigenvalue weighted by Crippen LogP contribution is -2.26. The molecule has 0 aliphatic heterocycles. The molecule has 10 aromatic rings. The van der Waals surface area contributed by atoms with E-state index in [0.717, 1.165) is 56.6 Å². The maximum Gasteiger partial charge on any atom is 0.0937 e. The van der Waals surface area contributed by atoms with Crippen LogP contribution in [0.25, 0.3) is 44.1 Å². The molecule has 1 spiro atoms. The van der Waals surface area contributed by atoms with E-state index in [2.05, 4.69) is 233 Å². The van der Waals surface area contributed by atoms with E-state index in [1.54, 1.807) is 0 Å². The second-order valence-electron chi connectivity index (χ2n) is 19.1. The number of aromatic nitrogens is 2. The van der Waals surface area contributed by atoms with Crippen LogP contribution in [0.1, 0.15) is 84.0 Å². The average Bonchev–Trinajstić information content (AvgIpc) is 3.82. The second kappa shape index (κ2) is 15.7. The predicted octanol–water partition coefficient (Wildman–Crippen LogP) is 16.9. The van der Waals surface area contributed by atoms with Gasteiger partial charge in [-0.1, -0.05) is 136 Å². The minimum Gasteiger partial charge on any atom is -0.310 e. The van der Waals surface area contributed by atoms with Crippen molar-refractivity contribution in [3.63, 3.8) is 0 Å². The molecule has 0 saturated heterocycles. The average molecular weight is 865 g/mol. The Bertz CT molecular complexity index is 3490. The van der Waals surface area contributed by atoms with Crippen molar-refractivity contribution in [1.82, 2.24) is 9.97 Å². The fourth-order valence-electron chi connectivity index (χ4n) is 11.1. The van der Waals surface area contributed by atoms with Gasteiger partial charge in [0.1, 0.15) is 0 Å². The molecule has 324 valence electrons. The molecule has 0 N–H and O–H groups in total. The lowest BCUT2D eigenvalue weighted by Gasteiger charge is -2.33. The van der Waals surface area contributed by atoms with Crippen molar-refractivity contribution in [3.8, 4) is 22.5 Å². The summed E-state index contributed by atoms with van der Waals surface area (Å²) in [6.45, 7) is 13.3. The maximum absolute atomic E-state index is 5.12. The Morgan fingerprint density at radius 1 is 0.403 bits per heavy atom. The van der Waals surface area contributed by atoms with E-state index in [-0.39, 0.29) is 0 Å². The maximum atomic E-state index is 5.12. The van der Waals surface area contributed by atoms with Gasteiger partial charge in [0.15, 0.2) is 0 Å². The van der Waals surface area contributed by atoms with E-state index >= 15 is 0 Å². The minimum atomic E-state index is -0.690. The summed E-state index contributed by atoms with van der Waals surface area (Å²) >= 11 is 0. The zero-order chi connectivity index (χ0) is 45.6. The SMILES string of the molecule is Cc1ccc(N(c2ccc(C(C)C)cc2)c2cccc3cc4c(cc23)-c2c(cc(N(c3ccc(C)cc3)c3ccc(C(C)C)cc3)c3ccccc23)C42c3cccnc3-c3ncccc32)cc1. The Balaban J connectivity index is 1.19. The third-order valence-electron chi connectivity index (χ3n) is 14.4. The molecule has 2 aliphatic carbocycles. The topological polar surface area (TPSA) is 32.3 Å². The molecule has 2 aliphatic rings. The number of nitrogens with zero attached hydrogens (tertiary/aromatic N) is 4. The zero-order valence-corrected chi connectivity index (χ0v) is 38.9. The van der Waals surface area contributed by atoms with Gasteiger partial charge in [0, 0.05) is 45.9 Å². The van der Waals surface area contributed by atoms with E-state index in [0.29, 0.717) is 11.8 Å². The fraction of sp³-hybridized carbons (Fsp3) is 0.143. The van der Waals surface area contributed by atoms with Crippen LogP contribution in [0, 0.1) is 13.8 Å². The van der Waals surface area contributed by atoms with Crippen LogP contribution in [-0.2, 0) is 5.41 Å². The van der Waals surface area contributed by atoms with Gasteiger partial charge in [-0.3, -0.25) is 9.97 Å². The predicted molar refractivity (Wildman–Crippen MR) is 280 cm³/mol. The third kappa shape index (κ3) is 6.27. The van der Waals surface area contributed by atoms with Crippen LogP contribution in [0.5, 0.6) is 0 Å². The Morgan fingerprint density at radius 2 is 0.896 bits per heavy atom. The van der Waals surface area contributed by atoms with Crippen molar-refractivity contribution in [1.29, 1.82) is 0 Å². The van der Waals surface area contributed by atoms with Gasteiger partial charge in [0.2, 0.25) is 0 Å². The van der Waals surface area contributed by atoms with Crippen LogP contribution in [-0.4, -0.2) is 9.97 Å². The van der Waals surface area contributed by atoms with Gasteiger partial charge in [-0.2, -0.15) is 0 Å². The number of anilines is 6. The van der Waals surface area contributed by atoms with Crippen molar-refractivity contribution in [2.45, 2.75) is 58.8 Å². The molecular formula is C63H52N4. The van der Waals surface area contributed by atoms with Crippen molar-refractivity contribution >= 4 is 55.7 Å². The number of rotatable bonds is 8. The Kier molecular flexibility index (Phi) is 9.51. The van der Waals surface area contributed by atoms with Crippen molar-refractivity contribution < 1.29 is 0 Å². The number of pyridine rings is 2. The summed E-state index contributed by atoms with van der Waals surface area (Å²) in [6, 6.07) is 68.3. The monoisotopic (exact) mass is 864 g/mol. The largest absolute Gasteiger partial charge is 0.310 e. The van der Waals surface area contributed by atoms with Gasteiger partial charge < -0.3 is 9.80 Å². The first-order valence-corrected chi connectivity index (χ1v) is 23.7. The molecule has 8 aromatic carbocycles. The zero-order valence-electron chi connectivity index (χ0n) is 38.9. The van der Waals surface area contributed by atoms with E-state index < -0.39 is 5.41 Å². The van der Waals surface area contributed by atoms with Gasteiger partial charge in [-0.15, -0.1) is 0 Å². The quantitative estimate of drug-likeness (QED) is 0.152. The smallest absolute Gasteiger partial charge is 0.0937 e. The first-order valence-electron chi connectivity index (χ1n) is 23.7. The summed E-state index contributed by atoms with van der Waals surface area (Å²) < 4.78 is 0. The number of fused-ring (bicyclic) bond motifs is 13. The Labute approximate surface area is 393 Å². The number of aryl methyl sites for hydroxylation is 2. The number of benzene rings is 8. The van der Waals surface area contributed by atoms with E-state index in [9.17, 15) is 0 Å². The molecule has 0 fully saturated rings. The highest BCUT2D eigenvalue weighted by atomic mass is 15.1. The van der Waals surface area contributed by atoms with Gasteiger partial charge in [0.25, 0.3) is 0 Å². The van der Waals surface area contributed by atoms with E-state index in [1.165, 1.54) is 66.1 Å². The summed E-state index contributed by atoms with van der Waals surface area (Å²) in [5, 5.41) is 4.77. The van der Waals surface area contributed by atoms with Crippen molar-refractivity contribution in [2.24, 2.45) is 0 Å². The normalized spacial score (nSPS) is 13.0. The summed E-state index contributed by atoms with van der Waals surface area (Å²) in [4.78, 5) is 15.1. The highest BCUT2D eigenvalue weighted by molar-refractivity contribution is 6.14. The lowest BCUT2D eigenvalue weighted by atomic mass is 9.70. The number of hydrogen-bond donors (Lipinski definition) is 0.